The Morgan fingerprint density at radius 3 is 2.88 bits per heavy atom. The van der Waals surface area contributed by atoms with Crippen LogP contribution in [-0.2, 0) is 0 Å². The Bertz CT molecular complexity index is 486. The lowest BCUT2D eigenvalue weighted by atomic mass is 10.0. The van der Waals surface area contributed by atoms with Crippen LogP contribution >= 0.6 is 11.6 Å². The fraction of sp³-hybridized carbons (Fsp3) is 0.273. The number of ether oxygens (including phenoxy) is 1. The van der Waals surface area contributed by atoms with E-state index in [0.29, 0.717) is 5.02 Å². The zero-order valence-corrected chi connectivity index (χ0v) is 10.3. The fourth-order valence-electron chi connectivity index (χ4n) is 1.74. The second-order valence-electron chi connectivity index (χ2n) is 3.50. The number of hydrogen-bond donors (Lipinski definition) is 2. The first kappa shape index (κ1) is 11.9. The van der Waals surface area contributed by atoms with E-state index < -0.39 is 0 Å². The topological polar surface area (TPSA) is 62.8 Å². The van der Waals surface area contributed by atoms with Crippen molar-refractivity contribution in [3.8, 4) is 5.75 Å². The lowest BCUT2D eigenvalue weighted by molar-refractivity contribution is 0.405. The average Bonchev–Trinajstić information content (AvgIpc) is 2.84. The second kappa shape index (κ2) is 5.16. The molecule has 0 radical (unpaired) electrons. The van der Waals surface area contributed by atoms with E-state index in [9.17, 15) is 0 Å². The van der Waals surface area contributed by atoms with Gasteiger partial charge in [0.2, 0.25) is 0 Å². The molecule has 1 aromatic carbocycles. The highest BCUT2D eigenvalue weighted by atomic mass is 35.5. The molecule has 0 amide bonds. The van der Waals surface area contributed by atoms with Crippen LogP contribution in [0.3, 0.4) is 0 Å². The summed E-state index contributed by atoms with van der Waals surface area (Å²) in [6, 6.07) is 5.37. The molecule has 17 heavy (non-hydrogen) atoms. The van der Waals surface area contributed by atoms with Crippen LogP contribution < -0.4 is 10.1 Å². The quantitative estimate of drug-likeness (QED) is 0.871. The third-order valence-corrected chi connectivity index (χ3v) is 2.76. The molecule has 0 aliphatic rings. The van der Waals surface area contributed by atoms with E-state index in [4.69, 9.17) is 16.3 Å². The summed E-state index contributed by atoms with van der Waals surface area (Å²) in [4.78, 5) is 0. The van der Waals surface area contributed by atoms with Gasteiger partial charge in [0.05, 0.1) is 19.3 Å². The molecule has 5 nitrogen and oxygen atoms in total. The third kappa shape index (κ3) is 2.40. The molecule has 2 aromatic rings. The number of methoxy groups -OCH3 is 1. The van der Waals surface area contributed by atoms with Gasteiger partial charge in [-0.1, -0.05) is 11.6 Å². The van der Waals surface area contributed by atoms with E-state index >= 15 is 0 Å². The van der Waals surface area contributed by atoms with Gasteiger partial charge >= 0.3 is 0 Å². The minimum atomic E-state index is -0.109. The first-order valence-electron chi connectivity index (χ1n) is 5.12. The van der Waals surface area contributed by atoms with Gasteiger partial charge in [0.25, 0.3) is 0 Å². The van der Waals surface area contributed by atoms with Gasteiger partial charge in [-0.2, -0.15) is 15.4 Å². The van der Waals surface area contributed by atoms with Gasteiger partial charge in [-0.05, 0) is 25.2 Å². The van der Waals surface area contributed by atoms with Crippen molar-refractivity contribution in [3.63, 3.8) is 0 Å². The molecule has 0 saturated carbocycles. The lowest BCUT2D eigenvalue weighted by Gasteiger charge is -2.17. The molecule has 2 rings (SSSR count). The van der Waals surface area contributed by atoms with Gasteiger partial charge in [0, 0.05) is 10.6 Å². The lowest BCUT2D eigenvalue weighted by Crippen LogP contribution is -2.19. The molecule has 90 valence electrons. The van der Waals surface area contributed by atoms with Crippen LogP contribution in [0.2, 0.25) is 5.02 Å². The Balaban J connectivity index is 2.46. The average molecular weight is 253 g/mol. The highest BCUT2D eigenvalue weighted by Gasteiger charge is 2.19. The minimum absolute atomic E-state index is 0.109. The van der Waals surface area contributed by atoms with Gasteiger partial charge in [-0.25, -0.2) is 0 Å². The number of aromatic nitrogens is 3. The van der Waals surface area contributed by atoms with Crippen molar-refractivity contribution in [1.29, 1.82) is 0 Å². The Morgan fingerprint density at radius 1 is 1.47 bits per heavy atom. The van der Waals surface area contributed by atoms with E-state index in [1.165, 1.54) is 0 Å². The normalized spacial score (nSPS) is 12.4. The van der Waals surface area contributed by atoms with Gasteiger partial charge in [-0.15, -0.1) is 0 Å². The number of halogens is 1. The summed E-state index contributed by atoms with van der Waals surface area (Å²) in [6.45, 7) is 0. The van der Waals surface area contributed by atoms with Crippen molar-refractivity contribution in [2.45, 2.75) is 6.04 Å². The molecule has 1 aromatic heterocycles. The van der Waals surface area contributed by atoms with Crippen LogP contribution in [0.5, 0.6) is 5.75 Å². The fourth-order valence-corrected chi connectivity index (χ4v) is 1.92. The Morgan fingerprint density at radius 2 is 2.29 bits per heavy atom. The van der Waals surface area contributed by atoms with Crippen LogP contribution in [0.4, 0.5) is 0 Å². The number of benzene rings is 1. The number of hydrogen-bond acceptors (Lipinski definition) is 4. The highest BCUT2D eigenvalue weighted by molar-refractivity contribution is 6.30. The maximum absolute atomic E-state index is 6.01. The number of nitrogens with zero attached hydrogens (tertiary/aromatic N) is 2. The van der Waals surface area contributed by atoms with Crippen LogP contribution in [-0.4, -0.2) is 29.6 Å². The van der Waals surface area contributed by atoms with Gasteiger partial charge in [0.1, 0.15) is 11.4 Å². The van der Waals surface area contributed by atoms with Crippen LogP contribution in [0.25, 0.3) is 0 Å². The number of rotatable bonds is 4. The summed E-state index contributed by atoms with van der Waals surface area (Å²) in [5.74, 6) is 0.761. The van der Waals surface area contributed by atoms with Crippen molar-refractivity contribution >= 4 is 11.6 Å². The summed E-state index contributed by atoms with van der Waals surface area (Å²) < 4.78 is 5.32. The maximum Gasteiger partial charge on any atom is 0.124 e. The Labute approximate surface area is 104 Å². The minimum Gasteiger partial charge on any atom is -0.496 e. The van der Waals surface area contributed by atoms with E-state index in [-0.39, 0.29) is 6.04 Å². The maximum atomic E-state index is 6.01. The van der Waals surface area contributed by atoms with E-state index in [2.05, 4.69) is 20.7 Å². The van der Waals surface area contributed by atoms with E-state index in [1.807, 2.05) is 19.2 Å². The summed E-state index contributed by atoms with van der Waals surface area (Å²) in [5.41, 5.74) is 1.71. The Kier molecular flexibility index (Phi) is 3.61. The van der Waals surface area contributed by atoms with E-state index in [1.54, 1.807) is 19.4 Å². The van der Waals surface area contributed by atoms with Crippen molar-refractivity contribution in [2.75, 3.05) is 14.2 Å². The first-order chi connectivity index (χ1) is 8.26. The highest BCUT2D eigenvalue weighted by Crippen LogP contribution is 2.30. The van der Waals surface area contributed by atoms with Gasteiger partial charge in [-0.3, -0.25) is 0 Å². The van der Waals surface area contributed by atoms with Crippen LogP contribution in [0.1, 0.15) is 17.3 Å². The molecule has 0 fully saturated rings. The van der Waals surface area contributed by atoms with Crippen molar-refractivity contribution in [3.05, 3.63) is 40.7 Å². The molecule has 1 heterocycles. The van der Waals surface area contributed by atoms with Crippen LogP contribution in [0, 0.1) is 0 Å². The number of H-pyrrole nitrogens is 1. The van der Waals surface area contributed by atoms with E-state index in [0.717, 1.165) is 17.0 Å². The molecule has 1 unspecified atom stereocenters. The van der Waals surface area contributed by atoms with Crippen molar-refractivity contribution in [2.24, 2.45) is 0 Å². The van der Waals surface area contributed by atoms with Crippen LogP contribution in [0.15, 0.2) is 24.4 Å². The largest absolute Gasteiger partial charge is 0.496 e. The molecule has 0 aliphatic carbocycles. The second-order valence-corrected chi connectivity index (χ2v) is 3.94. The monoisotopic (exact) mass is 252 g/mol. The van der Waals surface area contributed by atoms with Crippen molar-refractivity contribution < 1.29 is 4.74 Å². The molecular weight excluding hydrogens is 240 g/mol. The molecule has 2 N–H and O–H groups in total. The SMILES string of the molecule is CNC(c1cn[nH]n1)c1cc(Cl)ccc1OC. The number of aromatic amines is 1. The molecule has 1 atom stereocenters. The molecule has 0 spiro atoms. The molecule has 0 aliphatic heterocycles. The summed E-state index contributed by atoms with van der Waals surface area (Å²) >= 11 is 6.01. The molecule has 0 bridgehead atoms. The summed E-state index contributed by atoms with van der Waals surface area (Å²) in [7, 11) is 3.47. The Hall–Kier alpha value is -1.59. The molecule has 0 saturated heterocycles. The predicted octanol–water partition coefficient (Wildman–Crippen LogP) is 1.78. The zero-order valence-electron chi connectivity index (χ0n) is 9.57. The number of nitrogens with one attached hydrogen (secondary N) is 2. The third-order valence-electron chi connectivity index (χ3n) is 2.52. The molecular formula is C11H13ClN4O. The summed E-state index contributed by atoms with van der Waals surface area (Å²) in [6.07, 6.45) is 1.67. The standard InChI is InChI=1S/C11H13ClN4O/c1-13-11(9-6-14-16-15-9)8-5-7(12)3-4-10(8)17-2/h3-6,11,13H,1-2H3,(H,14,15,16). The predicted molar refractivity (Wildman–Crippen MR) is 65.3 cm³/mol. The molecule has 6 heteroatoms. The van der Waals surface area contributed by atoms with Crippen molar-refractivity contribution in [1.82, 2.24) is 20.7 Å². The summed E-state index contributed by atoms with van der Waals surface area (Å²) in [5, 5.41) is 14.3. The van der Waals surface area contributed by atoms with Gasteiger partial charge < -0.3 is 10.1 Å². The first-order valence-corrected chi connectivity index (χ1v) is 5.50. The van der Waals surface area contributed by atoms with Gasteiger partial charge in [0.15, 0.2) is 0 Å². The zero-order chi connectivity index (χ0) is 12.3. The smallest absolute Gasteiger partial charge is 0.124 e.